The van der Waals surface area contributed by atoms with Gasteiger partial charge in [-0.3, -0.25) is 19.9 Å². The monoisotopic (exact) mass is 466 g/mol. The molecule has 0 atom stereocenters. The van der Waals surface area contributed by atoms with E-state index in [0.717, 1.165) is 34.3 Å². The van der Waals surface area contributed by atoms with Crippen molar-refractivity contribution >= 4 is 22.5 Å². The zero-order valence-corrected chi connectivity index (χ0v) is 19.3. The van der Waals surface area contributed by atoms with E-state index in [4.69, 9.17) is 0 Å². The minimum atomic E-state index is -0.343. The van der Waals surface area contributed by atoms with E-state index in [2.05, 4.69) is 36.4 Å². The topological polar surface area (TPSA) is 86.8 Å². The molecule has 0 spiro atoms. The average Bonchev–Trinajstić information content (AvgIpc) is 3.28. The number of aromatic nitrogens is 4. The highest BCUT2D eigenvalue weighted by atomic mass is 19.1. The van der Waals surface area contributed by atoms with E-state index >= 15 is 0 Å². The number of anilines is 1. The molecule has 5 rings (SSSR count). The van der Waals surface area contributed by atoms with Gasteiger partial charge >= 0.3 is 0 Å². The summed E-state index contributed by atoms with van der Waals surface area (Å²) in [6.07, 6.45) is 5.24. The number of nitrogens with one attached hydrogen (secondary N) is 2. The molecule has 7 nitrogen and oxygen atoms in total. The molecule has 0 aliphatic heterocycles. The van der Waals surface area contributed by atoms with Gasteiger partial charge in [0.25, 0.3) is 5.91 Å². The first-order chi connectivity index (χ1) is 17.0. The summed E-state index contributed by atoms with van der Waals surface area (Å²) in [6, 6.07) is 17.6. The molecule has 0 radical (unpaired) electrons. The van der Waals surface area contributed by atoms with Gasteiger partial charge in [0.15, 0.2) is 5.69 Å². The van der Waals surface area contributed by atoms with E-state index in [-0.39, 0.29) is 11.7 Å². The Hall–Kier alpha value is -4.43. The number of pyridine rings is 2. The predicted octanol–water partition coefficient (Wildman–Crippen LogP) is 5.14. The molecule has 0 unspecified atom stereocenters. The lowest BCUT2D eigenvalue weighted by Gasteiger charge is -2.10. The SMILES string of the molecule is CN(C)Cc1cncc(-c2ccc3[nH]nc(C(=O)Nc4ccc(-c5ccc(F)cc5)nc4)c3c2)c1. The van der Waals surface area contributed by atoms with E-state index in [0.29, 0.717) is 22.5 Å². The Kier molecular flexibility index (Phi) is 6.03. The number of hydrogen-bond acceptors (Lipinski definition) is 5. The first-order valence-corrected chi connectivity index (χ1v) is 11.1. The van der Waals surface area contributed by atoms with Crippen molar-refractivity contribution in [3.8, 4) is 22.4 Å². The Balaban J connectivity index is 1.38. The zero-order valence-electron chi connectivity index (χ0n) is 19.3. The van der Waals surface area contributed by atoms with Crippen LogP contribution in [0.2, 0.25) is 0 Å². The second-order valence-electron chi connectivity index (χ2n) is 8.55. The van der Waals surface area contributed by atoms with E-state index < -0.39 is 0 Å². The summed E-state index contributed by atoms with van der Waals surface area (Å²) in [6.45, 7) is 0.788. The van der Waals surface area contributed by atoms with Gasteiger partial charge < -0.3 is 10.2 Å². The highest BCUT2D eigenvalue weighted by Gasteiger charge is 2.16. The van der Waals surface area contributed by atoms with Crippen LogP contribution >= 0.6 is 0 Å². The first kappa shape index (κ1) is 22.4. The Morgan fingerprint density at radius 2 is 1.74 bits per heavy atom. The molecule has 174 valence electrons. The van der Waals surface area contributed by atoms with Crippen molar-refractivity contribution in [2.24, 2.45) is 0 Å². The summed E-state index contributed by atoms with van der Waals surface area (Å²) in [4.78, 5) is 23.9. The number of aromatic amines is 1. The van der Waals surface area contributed by atoms with Crippen LogP contribution in [-0.2, 0) is 6.54 Å². The molecule has 3 aromatic heterocycles. The lowest BCUT2D eigenvalue weighted by Crippen LogP contribution is -2.13. The molecule has 35 heavy (non-hydrogen) atoms. The number of H-pyrrole nitrogens is 1. The summed E-state index contributed by atoms with van der Waals surface area (Å²) < 4.78 is 13.2. The summed E-state index contributed by atoms with van der Waals surface area (Å²) in [7, 11) is 4.03. The van der Waals surface area contributed by atoms with Gasteiger partial charge in [-0.15, -0.1) is 0 Å². The normalized spacial score (nSPS) is 11.2. The first-order valence-electron chi connectivity index (χ1n) is 11.1. The van der Waals surface area contributed by atoms with Crippen LogP contribution in [0.15, 0.2) is 79.3 Å². The van der Waals surface area contributed by atoms with Gasteiger partial charge in [-0.1, -0.05) is 6.07 Å². The molecule has 1 amide bonds. The lowest BCUT2D eigenvalue weighted by molar-refractivity contribution is 0.102. The summed E-state index contributed by atoms with van der Waals surface area (Å²) in [5.41, 5.74) is 6.10. The maximum absolute atomic E-state index is 13.2. The maximum Gasteiger partial charge on any atom is 0.276 e. The molecule has 2 N–H and O–H groups in total. The average molecular weight is 467 g/mol. The molecule has 5 aromatic rings. The van der Waals surface area contributed by atoms with Gasteiger partial charge in [0, 0.05) is 35.5 Å². The van der Waals surface area contributed by atoms with Crippen molar-refractivity contribution < 1.29 is 9.18 Å². The highest BCUT2D eigenvalue weighted by molar-refractivity contribution is 6.11. The van der Waals surface area contributed by atoms with Crippen molar-refractivity contribution in [1.82, 2.24) is 25.1 Å². The number of amides is 1. The Bertz CT molecular complexity index is 1490. The minimum Gasteiger partial charge on any atom is -0.319 e. The van der Waals surface area contributed by atoms with Crippen LogP contribution in [0.25, 0.3) is 33.3 Å². The highest BCUT2D eigenvalue weighted by Crippen LogP contribution is 2.26. The second-order valence-corrected chi connectivity index (χ2v) is 8.55. The van der Waals surface area contributed by atoms with Crippen molar-refractivity contribution in [2.45, 2.75) is 6.54 Å². The fourth-order valence-electron chi connectivity index (χ4n) is 3.91. The molecule has 0 saturated carbocycles. The van der Waals surface area contributed by atoms with Crippen LogP contribution in [0.1, 0.15) is 16.1 Å². The van der Waals surface area contributed by atoms with Gasteiger partial charge in [0.2, 0.25) is 0 Å². The number of halogens is 1. The van der Waals surface area contributed by atoms with Gasteiger partial charge in [-0.25, -0.2) is 4.39 Å². The number of benzene rings is 2. The second kappa shape index (κ2) is 9.44. The number of nitrogens with zero attached hydrogens (tertiary/aromatic N) is 4. The van der Waals surface area contributed by atoms with Crippen molar-refractivity contribution in [1.29, 1.82) is 0 Å². The smallest absolute Gasteiger partial charge is 0.276 e. The summed E-state index contributed by atoms with van der Waals surface area (Å²) in [5.74, 6) is -0.645. The molecular weight excluding hydrogens is 443 g/mol. The van der Waals surface area contributed by atoms with Crippen LogP contribution in [0.3, 0.4) is 0 Å². The molecule has 8 heteroatoms. The molecule has 2 aromatic carbocycles. The van der Waals surface area contributed by atoms with Crippen LogP contribution in [0, 0.1) is 5.82 Å². The largest absolute Gasteiger partial charge is 0.319 e. The van der Waals surface area contributed by atoms with E-state index in [1.54, 1.807) is 30.5 Å². The molecule has 0 saturated heterocycles. The number of fused-ring (bicyclic) bond motifs is 1. The van der Waals surface area contributed by atoms with Crippen LogP contribution in [0.4, 0.5) is 10.1 Å². The number of rotatable bonds is 6. The van der Waals surface area contributed by atoms with Gasteiger partial charge in [-0.05, 0) is 79.8 Å². The predicted molar refractivity (Wildman–Crippen MR) is 134 cm³/mol. The number of carbonyl (C=O) groups is 1. The van der Waals surface area contributed by atoms with Crippen molar-refractivity contribution in [3.05, 3.63) is 96.3 Å². The minimum absolute atomic E-state index is 0.293. The zero-order chi connectivity index (χ0) is 24.4. The Morgan fingerprint density at radius 1 is 0.943 bits per heavy atom. The summed E-state index contributed by atoms with van der Waals surface area (Å²) in [5, 5.41) is 10.7. The van der Waals surface area contributed by atoms with Crippen LogP contribution in [0.5, 0.6) is 0 Å². The maximum atomic E-state index is 13.2. The van der Waals surface area contributed by atoms with E-state index in [9.17, 15) is 9.18 Å². The van der Waals surface area contributed by atoms with Gasteiger partial charge in [0.05, 0.1) is 23.1 Å². The molecule has 3 heterocycles. The molecule has 0 aliphatic rings. The van der Waals surface area contributed by atoms with E-state index in [1.165, 1.54) is 12.1 Å². The third kappa shape index (κ3) is 4.92. The third-order valence-electron chi connectivity index (χ3n) is 5.57. The molecule has 0 aliphatic carbocycles. The molecule has 0 bridgehead atoms. The molecular formula is C27H23FN6O. The van der Waals surface area contributed by atoms with Crippen molar-refractivity contribution in [3.63, 3.8) is 0 Å². The standard InChI is InChI=1S/C27H23FN6O/c1-34(2)16-17-11-20(14-29-13-17)19-5-9-25-23(12-19)26(33-32-25)27(35)31-22-8-10-24(30-15-22)18-3-6-21(28)7-4-18/h3-15H,16H2,1-2H3,(H,31,35)(H,32,33). The van der Waals surface area contributed by atoms with Crippen LogP contribution < -0.4 is 5.32 Å². The van der Waals surface area contributed by atoms with Gasteiger partial charge in [0.1, 0.15) is 5.82 Å². The van der Waals surface area contributed by atoms with E-state index in [1.807, 2.05) is 44.7 Å². The summed E-state index contributed by atoms with van der Waals surface area (Å²) >= 11 is 0. The quantitative estimate of drug-likeness (QED) is 0.362. The fourth-order valence-corrected chi connectivity index (χ4v) is 3.91. The number of hydrogen-bond donors (Lipinski definition) is 2. The molecule has 0 fully saturated rings. The van der Waals surface area contributed by atoms with Gasteiger partial charge in [-0.2, -0.15) is 5.10 Å². The Morgan fingerprint density at radius 3 is 2.49 bits per heavy atom. The Labute approximate surface area is 201 Å². The lowest BCUT2D eigenvalue weighted by atomic mass is 10.0. The third-order valence-corrected chi connectivity index (χ3v) is 5.57. The van der Waals surface area contributed by atoms with Crippen LogP contribution in [-0.4, -0.2) is 45.1 Å². The fraction of sp³-hybridized carbons (Fsp3) is 0.111. The van der Waals surface area contributed by atoms with Crippen molar-refractivity contribution in [2.75, 3.05) is 19.4 Å². The number of carbonyl (C=O) groups excluding carboxylic acids is 1.